The number of hydrogen-bond donors (Lipinski definition) is 2. The van der Waals surface area contributed by atoms with E-state index in [4.69, 9.17) is 9.47 Å². The van der Waals surface area contributed by atoms with Crippen molar-refractivity contribution in [3.8, 4) is 0 Å². The quantitative estimate of drug-likeness (QED) is 0.609. The minimum atomic E-state index is -0.772. The van der Waals surface area contributed by atoms with Crippen molar-refractivity contribution in [1.29, 1.82) is 0 Å². The number of piperazine rings is 1. The van der Waals surface area contributed by atoms with Crippen molar-refractivity contribution < 1.29 is 19.1 Å². The van der Waals surface area contributed by atoms with Crippen LogP contribution in [0.2, 0.25) is 0 Å². The normalized spacial score (nSPS) is 14.2. The van der Waals surface area contributed by atoms with Crippen molar-refractivity contribution in [3.63, 3.8) is 0 Å². The van der Waals surface area contributed by atoms with E-state index >= 15 is 0 Å². The van der Waals surface area contributed by atoms with E-state index in [2.05, 4.69) is 15.6 Å². The lowest BCUT2D eigenvalue weighted by Gasteiger charge is -2.29. The maximum Gasteiger partial charge on any atom is 0.437 e. The van der Waals surface area contributed by atoms with E-state index in [9.17, 15) is 9.59 Å². The van der Waals surface area contributed by atoms with Crippen LogP contribution in [0.15, 0.2) is 65.7 Å². The van der Waals surface area contributed by atoms with E-state index in [-0.39, 0.29) is 19.2 Å². The fraction of sp³-hybridized carbons (Fsp3) is 0.286. The number of hydrogen-bond acceptors (Lipinski definition) is 5. The molecule has 0 saturated carbocycles. The monoisotopic (exact) mass is 396 g/mol. The molecular weight excluding hydrogens is 372 g/mol. The molecule has 1 heterocycles. The first-order valence-corrected chi connectivity index (χ1v) is 9.43. The van der Waals surface area contributed by atoms with E-state index in [1.54, 1.807) is 0 Å². The highest BCUT2D eigenvalue weighted by Crippen LogP contribution is 2.04. The lowest BCUT2D eigenvalue weighted by Crippen LogP contribution is -2.52. The highest BCUT2D eigenvalue weighted by molar-refractivity contribution is 5.98. The summed E-state index contributed by atoms with van der Waals surface area (Å²) in [5, 5.41) is 5.78. The van der Waals surface area contributed by atoms with Crippen LogP contribution in [0.1, 0.15) is 11.1 Å². The third-order valence-corrected chi connectivity index (χ3v) is 4.25. The van der Waals surface area contributed by atoms with Crippen molar-refractivity contribution in [1.82, 2.24) is 15.5 Å². The molecule has 0 aromatic heterocycles. The zero-order valence-electron chi connectivity index (χ0n) is 16.0. The molecule has 8 nitrogen and oxygen atoms in total. The number of carbonyl (C=O) groups excluding carboxylic acids is 2. The first-order valence-electron chi connectivity index (χ1n) is 9.43. The van der Waals surface area contributed by atoms with Crippen LogP contribution in [0, 0.1) is 0 Å². The van der Waals surface area contributed by atoms with Gasteiger partial charge in [-0.05, 0) is 11.1 Å². The predicted molar refractivity (Wildman–Crippen MR) is 108 cm³/mol. The summed E-state index contributed by atoms with van der Waals surface area (Å²) in [6, 6.07) is 18.7. The van der Waals surface area contributed by atoms with Crippen LogP contribution in [0.5, 0.6) is 0 Å². The highest BCUT2D eigenvalue weighted by atomic mass is 16.6. The van der Waals surface area contributed by atoms with Crippen LogP contribution in [-0.2, 0) is 22.7 Å². The Hall–Kier alpha value is -3.39. The maximum absolute atomic E-state index is 12.2. The van der Waals surface area contributed by atoms with E-state index < -0.39 is 12.2 Å². The Morgan fingerprint density at radius 3 is 2.03 bits per heavy atom. The molecule has 2 N–H and O–H groups in total. The van der Waals surface area contributed by atoms with Crippen molar-refractivity contribution >= 4 is 18.1 Å². The van der Waals surface area contributed by atoms with Gasteiger partial charge < -0.3 is 19.7 Å². The summed E-state index contributed by atoms with van der Waals surface area (Å²) < 4.78 is 10.4. The van der Waals surface area contributed by atoms with Gasteiger partial charge in [0.25, 0.3) is 0 Å². The molecule has 0 aliphatic carbocycles. The van der Waals surface area contributed by atoms with Crippen molar-refractivity contribution in [3.05, 3.63) is 71.8 Å². The molecule has 1 saturated heterocycles. The summed E-state index contributed by atoms with van der Waals surface area (Å²) >= 11 is 0. The summed E-state index contributed by atoms with van der Waals surface area (Å²) in [5.74, 6) is 0.127. The standard InChI is InChI=1S/C21H24N4O4/c26-20(28-15-17-7-3-1-4-8-17)23-19(25-13-11-22-12-14-25)24-21(27)29-16-18-9-5-2-6-10-18/h1-10,22H,11-16H2,(H,23,24,26,27). The number of alkyl carbamates (subject to hydrolysis) is 1. The molecule has 2 aromatic rings. The number of rotatable bonds is 4. The molecule has 152 valence electrons. The molecular formula is C21H24N4O4. The Morgan fingerprint density at radius 2 is 1.45 bits per heavy atom. The first kappa shape index (κ1) is 20.3. The summed E-state index contributed by atoms with van der Waals surface area (Å²) in [4.78, 5) is 30.2. The van der Waals surface area contributed by atoms with Gasteiger partial charge in [0.05, 0.1) is 0 Å². The van der Waals surface area contributed by atoms with Crippen molar-refractivity contribution in [2.45, 2.75) is 13.2 Å². The third kappa shape index (κ3) is 6.93. The van der Waals surface area contributed by atoms with E-state index in [0.29, 0.717) is 13.1 Å². The molecule has 1 fully saturated rings. The zero-order chi connectivity index (χ0) is 20.3. The van der Waals surface area contributed by atoms with Crippen LogP contribution in [0.3, 0.4) is 0 Å². The van der Waals surface area contributed by atoms with E-state index in [0.717, 1.165) is 24.2 Å². The topological polar surface area (TPSA) is 92.3 Å². The van der Waals surface area contributed by atoms with E-state index in [1.807, 2.05) is 65.6 Å². The number of ether oxygens (including phenoxy) is 2. The number of benzene rings is 2. The first-order chi connectivity index (χ1) is 14.2. The van der Waals surface area contributed by atoms with Gasteiger partial charge in [0.15, 0.2) is 0 Å². The number of aliphatic imine (C=N–C) groups is 1. The molecule has 0 radical (unpaired) electrons. The minimum absolute atomic E-state index is 0.108. The van der Waals surface area contributed by atoms with Gasteiger partial charge in [-0.1, -0.05) is 60.7 Å². The van der Waals surface area contributed by atoms with E-state index in [1.165, 1.54) is 0 Å². The van der Waals surface area contributed by atoms with Crippen LogP contribution >= 0.6 is 0 Å². The second-order valence-electron chi connectivity index (χ2n) is 6.40. The average molecular weight is 396 g/mol. The number of carbonyl (C=O) groups is 2. The van der Waals surface area contributed by atoms with Crippen LogP contribution in [0.4, 0.5) is 9.59 Å². The molecule has 3 rings (SSSR count). The van der Waals surface area contributed by atoms with Gasteiger partial charge in [0.1, 0.15) is 13.2 Å². The average Bonchev–Trinajstić information content (AvgIpc) is 2.78. The Labute approximate surface area is 169 Å². The fourth-order valence-electron chi connectivity index (χ4n) is 2.74. The van der Waals surface area contributed by atoms with Gasteiger partial charge in [-0.2, -0.15) is 0 Å². The minimum Gasteiger partial charge on any atom is -0.444 e. The Kier molecular flexibility index (Phi) is 7.59. The molecule has 0 atom stereocenters. The summed E-state index contributed by atoms with van der Waals surface area (Å²) in [6.07, 6.45) is -1.45. The molecule has 0 unspecified atom stereocenters. The fourth-order valence-corrected chi connectivity index (χ4v) is 2.74. The van der Waals surface area contributed by atoms with Gasteiger partial charge >= 0.3 is 12.2 Å². The van der Waals surface area contributed by atoms with Gasteiger partial charge in [0, 0.05) is 26.2 Å². The Morgan fingerprint density at radius 1 is 0.897 bits per heavy atom. The number of nitrogens with one attached hydrogen (secondary N) is 2. The molecule has 2 amide bonds. The van der Waals surface area contributed by atoms with Gasteiger partial charge in [-0.25, -0.2) is 9.59 Å². The Balaban J connectivity index is 1.59. The molecule has 2 aromatic carbocycles. The van der Waals surface area contributed by atoms with Crippen molar-refractivity contribution in [2.24, 2.45) is 4.99 Å². The molecule has 29 heavy (non-hydrogen) atoms. The summed E-state index contributed by atoms with van der Waals surface area (Å²) in [7, 11) is 0. The predicted octanol–water partition coefficient (Wildman–Crippen LogP) is 2.51. The molecule has 0 spiro atoms. The Bertz CT molecular complexity index is 821. The second-order valence-corrected chi connectivity index (χ2v) is 6.40. The number of amides is 2. The van der Waals surface area contributed by atoms with Gasteiger partial charge in [-0.15, -0.1) is 4.99 Å². The number of guanidine groups is 1. The second kappa shape index (κ2) is 10.8. The third-order valence-electron chi connectivity index (χ3n) is 4.25. The molecule has 1 aliphatic heterocycles. The smallest absolute Gasteiger partial charge is 0.437 e. The summed E-state index contributed by atoms with van der Waals surface area (Å²) in [6.45, 7) is 2.88. The van der Waals surface area contributed by atoms with Crippen molar-refractivity contribution in [2.75, 3.05) is 26.2 Å². The van der Waals surface area contributed by atoms with Gasteiger partial charge in [0.2, 0.25) is 5.96 Å². The van der Waals surface area contributed by atoms with Crippen LogP contribution in [0.25, 0.3) is 0 Å². The van der Waals surface area contributed by atoms with Crippen LogP contribution in [-0.4, -0.2) is 49.2 Å². The largest absolute Gasteiger partial charge is 0.444 e. The number of nitrogens with zero attached hydrogens (tertiary/aromatic N) is 2. The molecule has 1 aliphatic rings. The van der Waals surface area contributed by atoms with Crippen LogP contribution < -0.4 is 10.6 Å². The molecule has 0 bridgehead atoms. The highest BCUT2D eigenvalue weighted by Gasteiger charge is 2.19. The lowest BCUT2D eigenvalue weighted by molar-refractivity contribution is 0.142. The molecule has 8 heteroatoms. The SMILES string of the molecule is O=C(/N=C(\NC(=O)OCc1ccccc1)N1CCNCC1)OCc1ccccc1. The summed E-state index contributed by atoms with van der Waals surface area (Å²) in [5.41, 5.74) is 1.72. The lowest BCUT2D eigenvalue weighted by atomic mass is 10.2. The van der Waals surface area contributed by atoms with Gasteiger partial charge in [-0.3, -0.25) is 5.32 Å². The zero-order valence-corrected chi connectivity index (χ0v) is 16.0. The maximum atomic E-state index is 12.2.